The Morgan fingerprint density at radius 2 is 0.581 bits per heavy atom. The smallest absolute Gasteiger partial charge is 0.0114 e. The van der Waals surface area contributed by atoms with Crippen LogP contribution in [0.2, 0.25) is 0 Å². The molecule has 0 aliphatic heterocycles. The van der Waals surface area contributed by atoms with Gasteiger partial charge in [-0.05, 0) is 78.9 Å². The summed E-state index contributed by atoms with van der Waals surface area (Å²) in [6.07, 6.45) is 10.7. The van der Waals surface area contributed by atoms with E-state index in [-0.39, 0.29) is 39.7 Å². The van der Waals surface area contributed by atoms with Gasteiger partial charge in [-0.3, -0.25) is 0 Å². The third-order valence-electron chi connectivity index (χ3n) is 15.7. The molecule has 4 heteroatoms. The van der Waals surface area contributed by atoms with E-state index < -0.39 is 0 Å². The largest absolute Gasteiger partial charge is 0.164 e. The van der Waals surface area contributed by atoms with Gasteiger partial charge in [-0.1, -0.05) is 266 Å². The summed E-state index contributed by atoms with van der Waals surface area (Å²) in [6.45, 7) is 3.06. The minimum absolute atomic E-state index is 0. The molecular formula is C70H62Cl2SiZr-4. The molecule has 0 nitrogen and oxygen atoms in total. The summed E-state index contributed by atoms with van der Waals surface area (Å²) in [4.78, 5) is 0. The van der Waals surface area contributed by atoms with E-state index in [1.807, 2.05) is 0 Å². The van der Waals surface area contributed by atoms with Crippen molar-refractivity contribution in [3.05, 3.63) is 244 Å². The van der Waals surface area contributed by atoms with Crippen LogP contribution in [0.4, 0.5) is 0 Å². The topological polar surface area (TPSA) is 0 Å². The summed E-state index contributed by atoms with van der Waals surface area (Å²) in [5.74, 6) is 1.72. The van der Waals surface area contributed by atoms with Crippen LogP contribution in [0.25, 0.3) is 109 Å². The van der Waals surface area contributed by atoms with Gasteiger partial charge in [0.05, 0.1) is 0 Å². The third kappa shape index (κ3) is 10.4. The summed E-state index contributed by atoms with van der Waals surface area (Å²) in [6, 6.07) is 81.2. The number of halogens is 2. The fourth-order valence-corrected chi connectivity index (χ4v) is 11.8. The van der Waals surface area contributed by atoms with Gasteiger partial charge in [0.25, 0.3) is 0 Å². The molecule has 0 atom stereocenters. The monoisotopic (exact) mass is 1090 g/mol. The third-order valence-corrected chi connectivity index (χ3v) is 15.7. The van der Waals surface area contributed by atoms with Crippen molar-refractivity contribution in [1.29, 1.82) is 0 Å². The zero-order valence-corrected chi connectivity index (χ0v) is 47.5. The van der Waals surface area contributed by atoms with E-state index >= 15 is 0 Å². The number of hydrogen-bond donors (Lipinski definition) is 0. The Labute approximate surface area is 468 Å². The van der Waals surface area contributed by atoms with Crippen molar-refractivity contribution in [2.24, 2.45) is 11.8 Å². The predicted molar refractivity (Wildman–Crippen MR) is 326 cm³/mol. The minimum Gasteiger partial charge on any atom is -0.164 e. The SMILES string of the molecule is Cl.Cl.[CH3-].[CH3-].[Si]=[Zr].c1ccc2c(-c3ccc(-c4cccc5ccccc45)c4[cH-]c(CC5CCC5)cc34)cccc2c1.c1ccc2c(-c3ccc(-c4cccc5ccccc45)c4[cH-]c(CC5CCC5)cc34)cccc2c1. The second kappa shape index (κ2) is 24.2. The number of fused-ring (bicyclic) bond motifs is 6. The Morgan fingerprint density at radius 3 is 0.878 bits per heavy atom. The van der Waals surface area contributed by atoms with Crippen molar-refractivity contribution in [2.45, 2.75) is 51.4 Å². The molecule has 0 spiro atoms. The van der Waals surface area contributed by atoms with Crippen LogP contribution in [0.5, 0.6) is 0 Å². The van der Waals surface area contributed by atoms with E-state index in [0.29, 0.717) is 0 Å². The van der Waals surface area contributed by atoms with Gasteiger partial charge in [0, 0.05) is 0 Å². The van der Waals surface area contributed by atoms with Crippen LogP contribution < -0.4 is 0 Å². The first-order chi connectivity index (χ1) is 34.7. The van der Waals surface area contributed by atoms with Crippen molar-refractivity contribution in [1.82, 2.24) is 0 Å². The van der Waals surface area contributed by atoms with Gasteiger partial charge in [-0.25, -0.2) is 0 Å². The van der Waals surface area contributed by atoms with E-state index in [1.165, 1.54) is 195 Å². The first kappa shape index (κ1) is 54.4. The van der Waals surface area contributed by atoms with Crippen LogP contribution in [0.1, 0.15) is 49.7 Å². The van der Waals surface area contributed by atoms with Crippen molar-refractivity contribution in [2.75, 3.05) is 0 Å². The molecule has 2 aliphatic carbocycles. The molecule has 0 N–H and O–H groups in total. The molecule has 12 aromatic carbocycles. The van der Waals surface area contributed by atoms with Gasteiger partial charge < -0.3 is 14.9 Å². The number of hydrogen-bond acceptors (Lipinski definition) is 0. The van der Waals surface area contributed by atoms with Gasteiger partial charge >= 0.3 is 30.2 Å². The maximum absolute atomic E-state index is 3.06. The molecular weight excluding hydrogens is 1030 g/mol. The van der Waals surface area contributed by atoms with Gasteiger partial charge in [-0.2, -0.15) is 12.1 Å². The average molecular weight is 1090 g/mol. The quantitative estimate of drug-likeness (QED) is 0.105. The maximum Gasteiger partial charge on any atom is -0.0114 e. The number of benzene rings is 10. The Bertz CT molecular complexity index is 3360. The Morgan fingerprint density at radius 1 is 0.324 bits per heavy atom. The molecule has 0 aromatic heterocycles. The zero-order chi connectivity index (χ0) is 47.0. The van der Waals surface area contributed by atoms with Crippen LogP contribution in [-0.4, -0.2) is 6.88 Å². The second-order valence-electron chi connectivity index (χ2n) is 19.8. The van der Waals surface area contributed by atoms with E-state index in [0.717, 1.165) is 11.8 Å². The normalized spacial score (nSPS) is 13.0. The first-order valence-electron chi connectivity index (χ1n) is 25.3. The molecule has 14 rings (SSSR count). The summed E-state index contributed by atoms with van der Waals surface area (Å²) in [7, 11) is 0. The molecule has 0 heterocycles. The van der Waals surface area contributed by atoms with Crippen LogP contribution in [-0.2, 0) is 36.2 Å². The maximum atomic E-state index is 3.06. The summed E-state index contributed by atoms with van der Waals surface area (Å²) in [5.41, 5.74) is 13.7. The molecule has 74 heavy (non-hydrogen) atoms. The molecule has 0 bridgehead atoms. The summed E-state index contributed by atoms with van der Waals surface area (Å²) >= 11 is 1.36. The fraction of sp³-hybridized carbons (Fsp3) is 0.143. The number of rotatable bonds is 8. The van der Waals surface area contributed by atoms with E-state index in [9.17, 15) is 0 Å². The molecule has 0 amide bonds. The second-order valence-corrected chi connectivity index (χ2v) is 19.8. The molecule has 2 radical (unpaired) electrons. The van der Waals surface area contributed by atoms with Crippen LogP contribution >= 0.6 is 24.8 Å². The summed E-state index contributed by atoms with van der Waals surface area (Å²) in [5, 5.41) is 16.0. The van der Waals surface area contributed by atoms with Crippen molar-refractivity contribution in [3.8, 4) is 44.5 Å². The molecule has 0 saturated heterocycles. The van der Waals surface area contributed by atoms with Crippen molar-refractivity contribution < 1.29 is 23.3 Å². The molecule has 2 aliphatic rings. The van der Waals surface area contributed by atoms with Crippen molar-refractivity contribution in [3.63, 3.8) is 0 Å². The first-order valence-corrected chi connectivity index (χ1v) is 29.5. The van der Waals surface area contributed by atoms with Gasteiger partial charge in [0.2, 0.25) is 0 Å². The molecule has 2 saturated carbocycles. The standard InChI is InChI=1S/2C34H27.2CH3.2ClH.Si.Zr/c2*1-3-14-27-25(10-1)12-6-16-29(27)31-18-19-32(30-17-7-13-26-11-2-4-15-28(26)30)34-22-24(21-33(31)34)20-23-8-5-9-23;;;;;;/h2*1-4,6-7,10-19,21-23H,5,8-9,20H2;2*1H3;2*1H;;/q4*-1;;;;. The van der Waals surface area contributed by atoms with E-state index in [4.69, 9.17) is 0 Å². The Hall–Kier alpha value is -5.86. The average Bonchev–Trinajstić information content (AvgIpc) is 4.03. The summed E-state index contributed by atoms with van der Waals surface area (Å²) < 4.78 is 0. The minimum atomic E-state index is 0. The predicted octanol–water partition coefficient (Wildman–Crippen LogP) is 20.4. The Kier molecular flexibility index (Phi) is 17.8. The zero-order valence-electron chi connectivity index (χ0n) is 42.4. The van der Waals surface area contributed by atoms with Gasteiger partial charge in [0.15, 0.2) is 0 Å². The Balaban J connectivity index is 0.000000181. The molecule has 2 fully saturated rings. The molecule has 12 aromatic rings. The van der Waals surface area contributed by atoms with Crippen LogP contribution in [0.15, 0.2) is 218 Å². The van der Waals surface area contributed by atoms with Crippen LogP contribution in [0, 0.1) is 26.7 Å². The van der Waals surface area contributed by atoms with Crippen molar-refractivity contribution >= 4 is 96.3 Å². The molecule has 368 valence electrons. The fourth-order valence-electron chi connectivity index (χ4n) is 11.8. The van der Waals surface area contributed by atoms with Crippen LogP contribution in [0.3, 0.4) is 0 Å². The van der Waals surface area contributed by atoms with Gasteiger partial charge in [-0.15, -0.1) is 69.6 Å². The van der Waals surface area contributed by atoms with Gasteiger partial charge in [0.1, 0.15) is 0 Å². The van der Waals surface area contributed by atoms with E-state index in [1.54, 1.807) is 0 Å². The molecule has 0 unspecified atom stereocenters. The van der Waals surface area contributed by atoms with E-state index in [2.05, 4.69) is 225 Å².